The van der Waals surface area contributed by atoms with Gasteiger partial charge in [-0.25, -0.2) is 9.50 Å². The van der Waals surface area contributed by atoms with Crippen LogP contribution in [0.2, 0.25) is 0 Å². The fourth-order valence-corrected chi connectivity index (χ4v) is 3.52. The Labute approximate surface area is 152 Å². The van der Waals surface area contributed by atoms with Gasteiger partial charge in [-0.3, -0.25) is 4.79 Å². The Morgan fingerprint density at radius 3 is 2.92 bits per heavy atom. The third-order valence-corrected chi connectivity index (χ3v) is 4.98. The summed E-state index contributed by atoms with van der Waals surface area (Å²) >= 11 is 0. The lowest BCUT2D eigenvalue weighted by molar-refractivity contribution is -0.130. The number of pyridine rings is 1. The maximum Gasteiger partial charge on any atom is 0.219 e. The molecule has 1 aliphatic heterocycles. The number of likely N-dealkylation sites (tertiary alicyclic amines) is 1. The molecule has 1 atom stereocenters. The van der Waals surface area contributed by atoms with Crippen molar-refractivity contribution in [3.05, 3.63) is 48.4 Å². The first kappa shape index (κ1) is 16.6. The Morgan fingerprint density at radius 1 is 1.23 bits per heavy atom. The predicted octanol–water partition coefficient (Wildman–Crippen LogP) is 3.13. The van der Waals surface area contributed by atoms with E-state index in [4.69, 9.17) is 9.84 Å². The third-order valence-electron chi connectivity index (χ3n) is 4.98. The molecule has 3 heterocycles. The Kier molecular flexibility index (Phi) is 4.32. The zero-order chi connectivity index (χ0) is 18.1. The van der Waals surface area contributed by atoms with Crippen LogP contribution >= 0.6 is 0 Å². The van der Waals surface area contributed by atoms with Crippen LogP contribution in [-0.4, -0.2) is 45.6 Å². The lowest BCUT2D eigenvalue weighted by Gasteiger charge is -2.30. The summed E-state index contributed by atoms with van der Waals surface area (Å²) in [6, 6.07) is 12.0. The average Bonchev–Trinajstić information content (AvgIpc) is 3.11. The molecule has 4 rings (SSSR count). The van der Waals surface area contributed by atoms with E-state index in [2.05, 4.69) is 4.98 Å². The molecule has 0 saturated carbocycles. The van der Waals surface area contributed by atoms with Crippen LogP contribution in [0, 0.1) is 0 Å². The number of piperidine rings is 1. The van der Waals surface area contributed by atoms with E-state index in [1.807, 2.05) is 52.0 Å². The number of methoxy groups -OCH3 is 1. The van der Waals surface area contributed by atoms with Crippen LogP contribution in [0.5, 0.6) is 5.75 Å². The minimum Gasteiger partial charge on any atom is -0.497 e. The summed E-state index contributed by atoms with van der Waals surface area (Å²) in [6.07, 6.45) is 4.00. The molecule has 6 nitrogen and oxygen atoms in total. The van der Waals surface area contributed by atoms with Crippen molar-refractivity contribution in [2.75, 3.05) is 20.2 Å². The number of fused-ring (bicyclic) bond motifs is 1. The molecular weight excluding hydrogens is 328 g/mol. The van der Waals surface area contributed by atoms with Crippen molar-refractivity contribution in [1.82, 2.24) is 19.5 Å². The highest BCUT2D eigenvalue weighted by Crippen LogP contribution is 2.27. The lowest BCUT2D eigenvalue weighted by Crippen LogP contribution is -2.37. The van der Waals surface area contributed by atoms with E-state index < -0.39 is 0 Å². The van der Waals surface area contributed by atoms with E-state index in [0.29, 0.717) is 6.54 Å². The second kappa shape index (κ2) is 6.78. The number of rotatable bonds is 3. The normalized spacial score (nSPS) is 17.5. The van der Waals surface area contributed by atoms with Gasteiger partial charge in [0.15, 0.2) is 11.5 Å². The number of amides is 1. The van der Waals surface area contributed by atoms with Crippen molar-refractivity contribution in [3.8, 4) is 16.9 Å². The largest absolute Gasteiger partial charge is 0.497 e. The van der Waals surface area contributed by atoms with Crippen molar-refractivity contribution in [2.45, 2.75) is 25.7 Å². The average molecular weight is 350 g/mol. The molecule has 1 aromatic carbocycles. The highest BCUT2D eigenvalue weighted by atomic mass is 16.5. The molecule has 0 radical (unpaired) electrons. The molecule has 0 N–H and O–H groups in total. The molecule has 6 heteroatoms. The smallest absolute Gasteiger partial charge is 0.219 e. The van der Waals surface area contributed by atoms with Gasteiger partial charge < -0.3 is 9.64 Å². The van der Waals surface area contributed by atoms with E-state index in [1.54, 1.807) is 14.0 Å². The number of ether oxygens (including phenoxy) is 1. The molecule has 1 aliphatic rings. The van der Waals surface area contributed by atoms with Gasteiger partial charge in [0.1, 0.15) is 5.75 Å². The molecule has 1 saturated heterocycles. The van der Waals surface area contributed by atoms with Crippen molar-refractivity contribution in [3.63, 3.8) is 0 Å². The van der Waals surface area contributed by atoms with Crippen molar-refractivity contribution in [1.29, 1.82) is 0 Å². The molecule has 1 fully saturated rings. The predicted molar refractivity (Wildman–Crippen MR) is 99.2 cm³/mol. The van der Waals surface area contributed by atoms with E-state index in [0.717, 1.165) is 47.7 Å². The summed E-state index contributed by atoms with van der Waals surface area (Å²) in [4.78, 5) is 18.2. The minimum absolute atomic E-state index is 0.124. The minimum atomic E-state index is 0.124. The van der Waals surface area contributed by atoms with Crippen LogP contribution in [0.3, 0.4) is 0 Å². The zero-order valence-corrected chi connectivity index (χ0v) is 15.1. The Balaban J connectivity index is 1.64. The van der Waals surface area contributed by atoms with Gasteiger partial charge >= 0.3 is 0 Å². The Bertz CT molecular complexity index is 950. The molecule has 0 aliphatic carbocycles. The fourth-order valence-electron chi connectivity index (χ4n) is 3.52. The van der Waals surface area contributed by atoms with Gasteiger partial charge in [0.2, 0.25) is 5.91 Å². The topological polar surface area (TPSA) is 59.7 Å². The maximum atomic E-state index is 11.7. The third kappa shape index (κ3) is 3.14. The Morgan fingerprint density at radius 2 is 2.12 bits per heavy atom. The summed E-state index contributed by atoms with van der Waals surface area (Å²) < 4.78 is 7.14. The van der Waals surface area contributed by atoms with Gasteiger partial charge in [-0.05, 0) is 42.7 Å². The zero-order valence-electron chi connectivity index (χ0n) is 15.1. The van der Waals surface area contributed by atoms with Crippen LogP contribution in [0.15, 0.2) is 42.6 Å². The highest BCUT2D eigenvalue weighted by molar-refractivity contribution is 5.73. The van der Waals surface area contributed by atoms with E-state index >= 15 is 0 Å². The van der Waals surface area contributed by atoms with Crippen LogP contribution < -0.4 is 4.74 Å². The quantitative estimate of drug-likeness (QED) is 0.728. The first-order valence-corrected chi connectivity index (χ1v) is 8.90. The fraction of sp³-hybridized carbons (Fsp3) is 0.350. The molecule has 0 bridgehead atoms. The first-order chi connectivity index (χ1) is 12.6. The molecule has 26 heavy (non-hydrogen) atoms. The number of carbonyl (C=O) groups is 1. The summed E-state index contributed by atoms with van der Waals surface area (Å²) in [5.41, 5.74) is 2.96. The van der Waals surface area contributed by atoms with Gasteiger partial charge in [0.25, 0.3) is 0 Å². The molecule has 3 aromatic rings. The summed E-state index contributed by atoms with van der Waals surface area (Å²) in [6.45, 7) is 3.16. The number of hydrogen-bond acceptors (Lipinski definition) is 4. The second-order valence-electron chi connectivity index (χ2n) is 6.73. The van der Waals surface area contributed by atoms with Gasteiger partial charge in [-0.2, -0.15) is 5.10 Å². The standard InChI is InChI=1S/C20H22N4O2/c1-14(25)23-10-4-6-17(12-23)20-21-19-9-8-16(13-24(19)22-20)15-5-3-7-18(11-15)26-2/h3,5,7-9,11,13,17H,4,6,10,12H2,1-2H3. The molecule has 0 spiro atoms. The highest BCUT2D eigenvalue weighted by Gasteiger charge is 2.26. The molecule has 1 unspecified atom stereocenters. The first-order valence-electron chi connectivity index (χ1n) is 8.90. The van der Waals surface area contributed by atoms with Gasteiger partial charge in [0.05, 0.1) is 7.11 Å². The van der Waals surface area contributed by atoms with Gasteiger partial charge in [-0.1, -0.05) is 12.1 Å². The van der Waals surface area contributed by atoms with Crippen LogP contribution in [0.25, 0.3) is 16.8 Å². The van der Waals surface area contributed by atoms with Gasteiger partial charge in [-0.15, -0.1) is 0 Å². The lowest BCUT2D eigenvalue weighted by atomic mass is 9.97. The van der Waals surface area contributed by atoms with Crippen molar-refractivity contribution in [2.24, 2.45) is 0 Å². The summed E-state index contributed by atoms with van der Waals surface area (Å²) in [5.74, 6) is 1.97. The Hall–Kier alpha value is -2.89. The van der Waals surface area contributed by atoms with E-state index in [1.165, 1.54) is 0 Å². The SMILES string of the molecule is COc1cccc(-c2ccc3nc(C4CCCN(C(C)=O)C4)nn3c2)c1. The molecule has 2 aromatic heterocycles. The number of aromatic nitrogens is 3. The molecular formula is C20H22N4O2. The second-order valence-corrected chi connectivity index (χ2v) is 6.73. The number of benzene rings is 1. The van der Waals surface area contributed by atoms with Crippen molar-refractivity contribution < 1.29 is 9.53 Å². The monoisotopic (exact) mass is 350 g/mol. The van der Waals surface area contributed by atoms with E-state index in [9.17, 15) is 4.79 Å². The van der Waals surface area contributed by atoms with Crippen LogP contribution in [0.4, 0.5) is 0 Å². The number of carbonyl (C=O) groups excluding carboxylic acids is 1. The summed E-state index contributed by atoms with van der Waals surface area (Å²) in [5, 5.41) is 4.70. The van der Waals surface area contributed by atoms with Gasteiger partial charge in [0, 0.05) is 37.7 Å². The molecule has 134 valence electrons. The van der Waals surface area contributed by atoms with Crippen molar-refractivity contribution >= 4 is 11.6 Å². The molecule has 1 amide bonds. The van der Waals surface area contributed by atoms with Crippen LogP contribution in [0.1, 0.15) is 31.5 Å². The maximum absolute atomic E-state index is 11.7. The van der Waals surface area contributed by atoms with Crippen LogP contribution in [-0.2, 0) is 4.79 Å². The summed E-state index contributed by atoms with van der Waals surface area (Å²) in [7, 11) is 1.67. The number of hydrogen-bond donors (Lipinski definition) is 0. The van der Waals surface area contributed by atoms with E-state index in [-0.39, 0.29) is 11.8 Å². The number of nitrogens with zero attached hydrogens (tertiary/aromatic N) is 4.